The van der Waals surface area contributed by atoms with Crippen LogP contribution in [0.4, 0.5) is 5.69 Å². The van der Waals surface area contributed by atoms with Crippen molar-refractivity contribution < 1.29 is 4.79 Å². The van der Waals surface area contributed by atoms with Crippen LogP contribution in [0.25, 0.3) is 0 Å². The molecule has 1 aliphatic heterocycles. The number of nitrogens with zero attached hydrogens (tertiary/aromatic N) is 2. The highest BCUT2D eigenvalue weighted by Gasteiger charge is 2.23. The van der Waals surface area contributed by atoms with Crippen molar-refractivity contribution in [1.82, 2.24) is 9.80 Å². The van der Waals surface area contributed by atoms with E-state index >= 15 is 0 Å². The third kappa shape index (κ3) is 3.39. The van der Waals surface area contributed by atoms with Crippen molar-refractivity contribution >= 4 is 23.2 Å². The smallest absolute Gasteiger partial charge is 0.255 e. The summed E-state index contributed by atoms with van der Waals surface area (Å²) in [4.78, 5) is 16.4. The Kier molecular flexibility index (Phi) is 4.32. The zero-order chi connectivity index (χ0) is 14.0. The van der Waals surface area contributed by atoms with Crippen LogP contribution in [-0.2, 0) is 0 Å². The molecule has 1 aliphatic rings. The number of amides is 1. The molecular weight excluding hydrogens is 262 g/mol. The molecule has 19 heavy (non-hydrogen) atoms. The lowest BCUT2D eigenvalue weighted by Crippen LogP contribution is -2.33. The van der Waals surface area contributed by atoms with E-state index in [1.54, 1.807) is 23.1 Å². The summed E-state index contributed by atoms with van der Waals surface area (Å²) in [7, 11) is 3.93. The summed E-state index contributed by atoms with van der Waals surface area (Å²) < 4.78 is 0. The highest BCUT2D eigenvalue weighted by atomic mass is 35.5. The molecule has 5 heteroatoms. The molecule has 0 aliphatic carbocycles. The number of nitrogen functional groups attached to an aromatic ring is 1. The maximum Gasteiger partial charge on any atom is 0.255 e. The molecule has 104 valence electrons. The maximum atomic E-state index is 12.4. The highest BCUT2D eigenvalue weighted by Crippen LogP contribution is 2.22. The minimum absolute atomic E-state index is 0.0631. The first kappa shape index (κ1) is 14.2. The standard InChI is InChI=1S/C14H20ClN3O/c1-17-6-5-10(8-17)9-18(2)14(19)12-7-11(16)3-4-13(12)15/h3-4,7,10H,5-6,8-9,16H2,1-2H3. The van der Waals surface area contributed by atoms with Gasteiger partial charge in [-0.15, -0.1) is 0 Å². The zero-order valence-corrected chi connectivity index (χ0v) is 12.2. The van der Waals surface area contributed by atoms with E-state index in [0.717, 1.165) is 26.1 Å². The summed E-state index contributed by atoms with van der Waals surface area (Å²) >= 11 is 6.06. The molecule has 0 saturated carbocycles. The van der Waals surface area contributed by atoms with Gasteiger partial charge in [-0.05, 0) is 44.1 Å². The second-order valence-corrected chi connectivity index (χ2v) is 5.75. The summed E-state index contributed by atoms with van der Waals surface area (Å²) in [5.41, 5.74) is 6.75. The van der Waals surface area contributed by atoms with Crippen molar-refractivity contribution in [2.24, 2.45) is 5.92 Å². The van der Waals surface area contributed by atoms with Gasteiger partial charge in [0.15, 0.2) is 0 Å². The maximum absolute atomic E-state index is 12.4. The Morgan fingerprint density at radius 2 is 2.32 bits per heavy atom. The van der Waals surface area contributed by atoms with Crippen LogP contribution in [0.3, 0.4) is 0 Å². The molecule has 1 saturated heterocycles. The summed E-state index contributed by atoms with van der Waals surface area (Å²) in [6, 6.07) is 5.01. The molecule has 1 atom stereocenters. The van der Waals surface area contributed by atoms with E-state index < -0.39 is 0 Å². The molecule has 0 spiro atoms. The van der Waals surface area contributed by atoms with Gasteiger partial charge in [0.05, 0.1) is 10.6 Å². The van der Waals surface area contributed by atoms with Gasteiger partial charge >= 0.3 is 0 Å². The van der Waals surface area contributed by atoms with Crippen molar-refractivity contribution in [2.45, 2.75) is 6.42 Å². The summed E-state index contributed by atoms with van der Waals surface area (Å²) in [5, 5.41) is 0.453. The normalized spacial score (nSPS) is 19.6. The molecular formula is C14H20ClN3O. The van der Waals surface area contributed by atoms with E-state index in [9.17, 15) is 4.79 Å². The van der Waals surface area contributed by atoms with Crippen molar-refractivity contribution in [3.8, 4) is 0 Å². The first-order chi connectivity index (χ1) is 8.97. The van der Waals surface area contributed by atoms with Gasteiger partial charge in [0.2, 0.25) is 0 Å². The van der Waals surface area contributed by atoms with E-state index in [1.165, 1.54) is 0 Å². The van der Waals surface area contributed by atoms with Crippen LogP contribution in [0.5, 0.6) is 0 Å². The Balaban J connectivity index is 2.04. The third-order valence-electron chi connectivity index (χ3n) is 3.59. The van der Waals surface area contributed by atoms with E-state index in [-0.39, 0.29) is 5.91 Å². The minimum Gasteiger partial charge on any atom is -0.399 e. The number of anilines is 1. The molecule has 1 heterocycles. The number of likely N-dealkylation sites (tertiary alicyclic amines) is 1. The predicted octanol–water partition coefficient (Wildman–Crippen LogP) is 1.95. The number of carbonyl (C=O) groups excluding carboxylic acids is 1. The van der Waals surface area contributed by atoms with Gasteiger partial charge in [0.25, 0.3) is 5.91 Å². The number of hydrogen-bond donors (Lipinski definition) is 1. The van der Waals surface area contributed by atoms with Gasteiger partial charge in [0.1, 0.15) is 0 Å². The first-order valence-electron chi connectivity index (χ1n) is 6.46. The largest absolute Gasteiger partial charge is 0.399 e. The van der Waals surface area contributed by atoms with E-state index in [4.69, 9.17) is 17.3 Å². The van der Waals surface area contributed by atoms with Gasteiger partial charge < -0.3 is 15.5 Å². The Hall–Kier alpha value is -1.26. The molecule has 2 N–H and O–H groups in total. The summed E-state index contributed by atoms with van der Waals surface area (Å²) in [6.45, 7) is 2.91. The van der Waals surface area contributed by atoms with Gasteiger partial charge in [0, 0.05) is 25.8 Å². The lowest BCUT2D eigenvalue weighted by Gasteiger charge is -2.22. The van der Waals surface area contributed by atoms with Crippen molar-refractivity contribution in [1.29, 1.82) is 0 Å². The lowest BCUT2D eigenvalue weighted by atomic mass is 10.1. The molecule has 1 aromatic rings. The van der Waals surface area contributed by atoms with Gasteiger partial charge in [-0.25, -0.2) is 0 Å². The average molecular weight is 282 g/mol. The van der Waals surface area contributed by atoms with Gasteiger partial charge in [-0.1, -0.05) is 11.6 Å². The molecule has 1 unspecified atom stereocenters. The number of benzene rings is 1. The average Bonchev–Trinajstić information content (AvgIpc) is 2.77. The van der Waals surface area contributed by atoms with E-state index in [1.807, 2.05) is 7.05 Å². The fourth-order valence-corrected chi connectivity index (χ4v) is 2.76. The third-order valence-corrected chi connectivity index (χ3v) is 3.92. The quantitative estimate of drug-likeness (QED) is 0.862. The molecule has 4 nitrogen and oxygen atoms in total. The van der Waals surface area contributed by atoms with Crippen LogP contribution in [0.15, 0.2) is 18.2 Å². The first-order valence-corrected chi connectivity index (χ1v) is 6.84. The fourth-order valence-electron chi connectivity index (χ4n) is 2.56. The molecule has 1 fully saturated rings. The Morgan fingerprint density at radius 1 is 1.58 bits per heavy atom. The van der Waals surface area contributed by atoms with Crippen LogP contribution in [0.1, 0.15) is 16.8 Å². The Labute approximate surface area is 119 Å². The molecule has 0 bridgehead atoms. The number of hydrogen-bond acceptors (Lipinski definition) is 3. The molecule has 0 aromatic heterocycles. The highest BCUT2D eigenvalue weighted by molar-refractivity contribution is 6.33. The van der Waals surface area contributed by atoms with E-state index in [2.05, 4.69) is 11.9 Å². The summed E-state index contributed by atoms with van der Waals surface area (Å²) in [6.07, 6.45) is 1.14. The van der Waals surface area contributed by atoms with Crippen LogP contribution in [-0.4, -0.2) is 49.4 Å². The van der Waals surface area contributed by atoms with Crippen molar-refractivity contribution in [3.05, 3.63) is 28.8 Å². The lowest BCUT2D eigenvalue weighted by molar-refractivity contribution is 0.0774. The number of rotatable bonds is 3. The molecule has 0 radical (unpaired) electrons. The summed E-state index contributed by atoms with van der Waals surface area (Å²) in [5.74, 6) is 0.477. The monoisotopic (exact) mass is 281 g/mol. The SMILES string of the molecule is CN1CCC(CN(C)C(=O)c2cc(N)ccc2Cl)C1. The number of halogens is 1. The second kappa shape index (κ2) is 5.80. The van der Waals surface area contributed by atoms with Crippen molar-refractivity contribution in [2.75, 3.05) is 39.5 Å². The number of carbonyl (C=O) groups is 1. The Bertz CT molecular complexity index is 478. The van der Waals surface area contributed by atoms with Crippen LogP contribution in [0.2, 0.25) is 5.02 Å². The van der Waals surface area contributed by atoms with Crippen LogP contribution >= 0.6 is 11.6 Å². The zero-order valence-electron chi connectivity index (χ0n) is 11.4. The van der Waals surface area contributed by atoms with Gasteiger partial charge in [-0.3, -0.25) is 4.79 Å². The Morgan fingerprint density at radius 3 is 2.95 bits per heavy atom. The second-order valence-electron chi connectivity index (χ2n) is 5.34. The number of nitrogens with two attached hydrogens (primary N) is 1. The van der Waals surface area contributed by atoms with E-state index in [0.29, 0.717) is 22.2 Å². The minimum atomic E-state index is -0.0631. The molecule has 1 aromatic carbocycles. The van der Waals surface area contributed by atoms with Crippen LogP contribution in [0, 0.1) is 5.92 Å². The topological polar surface area (TPSA) is 49.6 Å². The predicted molar refractivity (Wildman–Crippen MR) is 78.4 cm³/mol. The van der Waals surface area contributed by atoms with Crippen LogP contribution < -0.4 is 5.73 Å². The fraction of sp³-hybridized carbons (Fsp3) is 0.500. The van der Waals surface area contributed by atoms with Crippen molar-refractivity contribution in [3.63, 3.8) is 0 Å². The molecule has 2 rings (SSSR count). The molecule has 1 amide bonds. The van der Waals surface area contributed by atoms with Gasteiger partial charge in [-0.2, -0.15) is 0 Å².